The van der Waals surface area contributed by atoms with Crippen molar-refractivity contribution < 1.29 is 4.74 Å². The zero-order valence-corrected chi connectivity index (χ0v) is 13.2. The second-order valence-corrected chi connectivity index (χ2v) is 6.08. The average molecular weight is 275 g/mol. The molecule has 1 saturated heterocycles. The lowest BCUT2D eigenvalue weighted by molar-refractivity contribution is 0.00598. The summed E-state index contributed by atoms with van der Waals surface area (Å²) in [7, 11) is 0. The van der Waals surface area contributed by atoms with Crippen molar-refractivity contribution in [3.8, 4) is 0 Å². The van der Waals surface area contributed by atoms with Gasteiger partial charge in [-0.1, -0.05) is 39.3 Å². The van der Waals surface area contributed by atoms with Crippen LogP contribution in [0.1, 0.15) is 64.4 Å². The van der Waals surface area contributed by atoms with Gasteiger partial charge in [0.1, 0.15) is 0 Å². The first-order chi connectivity index (χ1) is 9.72. The summed E-state index contributed by atoms with van der Waals surface area (Å²) in [5.74, 6) is 0.654. The standard InChI is InChI=1S/C18H29NO/c1-4-6-18-13-17(11-12-20-18)19-16-9-7-15(8-10-16)14(3)5-2/h7-10,14,17-19H,4-6,11-13H2,1-3H3. The Labute approximate surface area is 123 Å². The summed E-state index contributed by atoms with van der Waals surface area (Å²) in [6.07, 6.45) is 6.30. The third-order valence-electron chi connectivity index (χ3n) is 4.44. The predicted octanol–water partition coefficient (Wildman–Crippen LogP) is 4.96. The maximum Gasteiger partial charge on any atom is 0.0594 e. The van der Waals surface area contributed by atoms with E-state index in [0.29, 0.717) is 18.1 Å². The number of ether oxygens (including phenoxy) is 1. The van der Waals surface area contributed by atoms with E-state index in [1.165, 1.54) is 30.5 Å². The van der Waals surface area contributed by atoms with E-state index in [-0.39, 0.29) is 0 Å². The second-order valence-electron chi connectivity index (χ2n) is 6.08. The van der Waals surface area contributed by atoms with Crippen LogP contribution in [0.4, 0.5) is 5.69 Å². The molecule has 20 heavy (non-hydrogen) atoms. The number of hydrogen-bond donors (Lipinski definition) is 1. The molecule has 0 radical (unpaired) electrons. The molecule has 2 heteroatoms. The molecule has 0 saturated carbocycles. The van der Waals surface area contributed by atoms with Crippen LogP contribution >= 0.6 is 0 Å². The monoisotopic (exact) mass is 275 g/mol. The van der Waals surface area contributed by atoms with E-state index in [0.717, 1.165) is 19.4 Å². The third-order valence-corrected chi connectivity index (χ3v) is 4.44. The molecule has 0 bridgehead atoms. The number of nitrogens with one attached hydrogen (secondary N) is 1. The smallest absolute Gasteiger partial charge is 0.0594 e. The first kappa shape index (κ1) is 15.4. The summed E-state index contributed by atoms with van der Waals surface area (Å²) in [5, 5.41) is 3.67. The van der Waals surface area contributed by atoms with Gasteiger partial charge in [0, 0.05) is 18.3 Å². The van der Waals surface area contributed by atoms with Crippen molar-refractivity contribution in [2.75, 3.05) is 11.9 Å². The number of hydrogen-bond acceptors (Lipinski definition) is 2. The van der Waals surface area contributed by atoms with Crippen LogP contribution in [0, 0.1) is 0 Å². The van der Waals surface area contributed by atoms with Crippen molar-refractivity contribution in [2.45, 2.75) is 70.9 Å². The van der Waals surface area contributed by atoms with E-state index in [2.05, 4.69) is 50.4 Å². The molecule has 0 aliphatic carbocycles. The molecule has 3 unspecified atom stereocenters. The molecule has 3 atom stereocenters. The van der Waals surface area contributed by atoms with Crippen LogP contribution in [0.25, 0.3) is 0 Å². The first-order valence-corrected chi connectivity index (χ1v) is 8.21. The molecule has 112 valence electrons. The Morgan fingerprint density at radius 2 is 2.00 bits per heavy atom. The topological polar surface area (TPSA) is 21.3 Å². The van der Waals surface area contributed by atoms with Gasteiger partial charge in [-0.05, 0) is 49.3 Å². The predicted molar refractivity (Wildman–Crippen MR) is 86.4 cm³/mol. The van der Waals surface area contributed by atoms with E-state index in [1.54, 1.807) is 0 Å². The van der Waals surface area contributed by atoms with Crippen molar-refractivity contribution in [1.82, 2.24) is 0 Å². The molecule has 1 N–H and O–H groups in total. The van der Waals surface area contributed by atoms with Crippen molar-refractivity contribution in [1.29, 1.82) is 0 Å². The molecule has 0 aromatic heterocycles. The molecule has 1 aliphatic rings. The van der Waals surface area contributed by atoms with Gasteiger partial charge in [-0.25, -0.2) is 0 Å². The minimum absolute atomic E-state index is 0.450. The summed E-state index contributed by atoms with van der Waals surface area (Å²) in [4.78, 5) is 0. The largest absolute Gasteiger partial charge is 0.382 e. The van der Waals surface area contributed by atoms with E-state index in [9.17, 15) is 0 Å². The Bertz CT molecular complexity index is 385. The molecule has 1 heterocycles. The van der Waals surface area contributed by atoms with Crippen LogP contribution in [-0.2, 0) is 4.74 Å². The molecule has 1 aliphatic heterocycles. The van der Waals surface area contributed by atoms with Gasteiger partial charge in [0.2, 0.25) is 0 Å². The van der Waals surface area contributed by atoms with Gasteiger partial charge in [0.05, 0.1) is 6.10 Å². The van der Waals surface area contributed by atoms with E-state index < -0.39 is 0 Å². The normalized spacial score (nSPS) is 24.4. The Hall–Kier alpha value is -1.02. The van der Waals surface area contributed by atoms with Gasteiger partial charge in [-0.3, -0.25) is 0 Å². The lowest BCUT2D eigenvalue weighted by Crippen LogP contribution is -2.33. The average Bonchev–Trinajstić information content (AvgIpc) is 2.48. The molecule has 0 spiro atoms. The fourth-order valence-electron chi connectivity index (χ4n) is 2.91. The number of anilines is 1. The van der Waals surface area contributed by atoms with Gasteiger partial charge in [0.15, 0.2) is 0 Å². The highest BCUT2D eigenvalue weighted by Gasteiger charge is 2.21. The SMILES string of the molecule is CCCC1CC(Nc2ccc(C(C)CC)cc2)CCO1. The fourth-order valence-corrected chi connectivity index (χ4v) is 2.91. The van der Waals surface area contributed by atoms with Crippen molar-refractivity contribution in [3.63, 3.8) is 0 Å². The van der Waals surface area contributed by atoms with Crippen LogP contribution < -0.4 is 5.32 Å². The Morgan fingerprint density at radius 3 is 2.65 bits per heavy atom. The highest BCUT2D eigenvalue weighted by atomic mass is 16.5. The molecule has 2 nitrogen and oxygen atoms in total. The van der Waals surface area contributed by atoms with Gasteiger partial charge >= 0.3 is 0 Å². The summed E-state index contributed by atoms with van der Waals surface area (Å²) in [6, 6.07) is 9.55. The maximum absolute atomic E-state index is 5.81. The van der Waals surface area contributed by atoms with E-state index >= 15 is 0 Å². The summed E-state index contributed by atoms with van der Waals surface area (Å²) in [6.45, 7) is 7.66. The first-order valence-electron chi connectivity index (χ1n) is 8.21. The highest BCUT2D eigenvalue weighted by molar-refractivity contribution is 5.46. The second kappa shape index (κ2) is 7.68. The van der Waals surface area contributed by atoms with Gasteiger partial charge in [-0.15, -0.1) is 0 Å². The summed E-state index contributed by atoms with van der Waals surface area (Å²) < 4.78 is 5.81. The third kappa shape index (κ3) is 4.24. The number of rotatable bonds is 6. The van der Waals surface area contributed by atoms with Gasteiger partial charge < -0.3 is 10.1 Å². The van der Waals surface area contributed by atoms with Crippen molar-refractivity contribution in [3.05, 3.63) is 29.8 Å². The lowest BCUT2D eigenvalue weighted by atomic mass is 9.97. The van der Waals surface area contributed by atoms with Gasteiger partial charge in [-0.2, -0.15) is 0 Å². The van der Waals surface area contributed by atoms with Crippen LogP contribution in [0.2, 0.25) is 0 Å². The van der Waals surface area contributed by atoms with E-state index in [1.807, 2.05) is 0 Å². The highest BCUT2D eigenvalue weighted by Crippen LogP contribution is 2.24. The maximum atomic E-state index is 5.81. The molecule has 1 fully saturated rings. The zero-order chi connectivity index (χ0) is 14.4. The van der Waals surface area contributed by atoms with Crippen LogP contribution in [0.15, 0.2) is 24.3 Å². The van der Waals surface area contributed by atoms with Crippen LogP contribution in [0.5, 0.6) is 0 Å². The summed E-state index contributed by atoms with van der Waals surface area (Å²) >= 11 is 0. The Morgan fingerprint density at radius 1 is 1.25 bits per heavy atom. The number of benzene rings is 1. The van der Waals surface area contributed by atoms with Crippen LogP contribution in [0.3, 0.4) is 0 Å². The molecular weight excluding hydrogens is 246 g/mol. The lowest BCUT2D eigenvalue weighted by Gasteiger charge is -2.30. The van der Waals surface area contributed by atoms with Crippen molar-refractivity contribution in [2.24, 2.45) is 0 Å². The van der Waals surface area contributed by atoms with E-state index in [4.69, 9.17) is 4.74 Å². The van der Waals surface area contributed by atoms with Crippen molar-refractivity contribution >= 4 is 5.69 Å². The fraction of sp³-hybridized carbons (Fsp3) is 0.667. The molecule has 1 aromatic carbocycles. The zero-order valence-electron chi connectivity index (χ0n) is 13.2. The molecule has 1 aromatic rings. The molecular formula is C18H29NO. The Balaban J connectivity index is 1.89. The summed E-state index contributed by atoms with van der Waals surface area (Å²) in [5.41, 5.74) is 2.69. The minimum Gasteiger partial charge on any atom is -0.382 e. The van der Waals surface area contributed by atoms with Gasteiger partial charge in [0.25, 0.3) is 0 Å². The quantitative estimate of drug-likeness (QED) is 0.792. The minimum atomic E-state index is 0.450. The Kier molecular flexibility index (Phi) is 5.90. The molecule has 2 rings (SSSR count). The van der Waals surface area contributed by atoms with Crippen LogP contribution in [-0.4, -0.2) is 18.8 Å². The molecule has 0 amide bonds.